The lowest BCUT2D eigenvalue weighted by atomic mass is 9.92. The number of furan rings is 1. The zero-order valence-corrected chi connectivity index (χ0v) is 16.0. The third-order valence-electron chi connectivity index (χ3n) is 5.77. The summed E-state index contributed by atoms with van der Waals surface area (Å²) in [5, 5.41) is 7.10. The molecule has 0 saturated carbocycles. The summed E-state index contributed by atoms with van der Waals surface area (Å²) in [4.78, 5) is 0. The second kappa shape index (κ2) is 6.11. The second-order valence-electron chi connectivity index (χ2n) is 7.34. The van der Waals surface area contributed by atoms with Gasteiger partial charge in [0.2, 0.25) is 0 Å². The fraction of sp³-hybridized carbons (Fsp3) is 0.0370. The maximum absolute atomic E-state index is 6.38. The number of benzene rings is 5. The Hall–Kier alpha value is -3.78. The van der Waals surface area contributed by atoms with Gasteiger partial charge in [0.05, 0.1) is 7.11 Å². The largest absolute Gasteiger partial charge is 0.497 e. The van der Waals surface area contributed by atoms with Crippen molar-refractivity contribution in [3.63, 3.8) is 0 Å². The summed E-state index contributed by atoms with van der Waals surface area (Å²) in [6.07, 6.45) is 0. The Kier molecular flexibility index (Phi) is 3.41. The van der Waals surface area contributed by atoms with Crippen molar-refractivity contribution in [2.45, 2.75) is 0 Å². The van der Waals surface area contributed by atoms with Gasteiger partial charge in [-0.25, -0.2) is 0 Å². The average molecular weight is 374 g/mol. The van der Waals surface area contributed by atoms with E-state index in [1.165, 1.54) is 27.1 Å². The molecule has 0 unspecified atom stereocenters. The van der Waals surface area contributed by atoms with Gasteiger partial charge in [0.25, 0.3) is 0 Å². The van der Waals surface area contributed by atoms with Crippen LogP contribution in [0, 0.1) is 0 Å². The number of hydrogen-bond acceptors (Lipinski definition) is 2. The van der Waals surface area contributed by atoms with Gasteiger partial charge in [-0.2, -0.15) is 0 Å². The smallest absolute Gasteiger partial charge is 0.143 e. The van der Waals surface area contributed by atoms with E-state index in [0.717, 1.165) is 33.3 Å². The summed E-state index contributed by atoms with van der Waals surface area (Å²) in [5.74, 6) is 0.860. The number of fused-ring (bicyclic) bond motifs is 7. The first-order chi connectivity index (χ1) is 14.3. The van der Waals surface area contributed by atoms with Crippen molar-refractivity contribution in [3.8, 4) is 16.9 Å². The zero-order valence-electron chi connectivity index (χ0n) is 16.0. The fourth-order valence-corrected chi connectivity index (χ4v) is 4.37. The van der Waals surface area contributed by atoms with Crippen LogP contribution in [-0.4, -0.2) is 7.11 Å². The lowest BCUT2D eigenvalue weighted by Crippen LogP contribution is -1.86. The highest BCUT2D eigenvalue weighted by Gasteiger charge is 2.15. The maximum Gasteiger partial charge on any atom is 0.143 e. The SMILES string of the molecule is COc1ccc(-c2cc3ccccc3c3c2ccc2c4ccccc4oc23)cc1. The lowest BCUT2D eigenvalue weighted by molar-refractivity contribution is 0.415. The maximum atomic E-state index is 6.38. The molecule has 0 N–H and O–H groups in total. The molecule has 29 heavy (non-hydrogen) atoms. The Morgan fingerprint density at radius 3 is 2.21 bits per heavy atom. The van der Waals surface area contributed by atoms with E-state index in [1.54, 1.807) is 7.11 Å². The van der Waals surface area contributed by atoms with Crippen molar-refractivity contribution in [2.75, 3.05) is 7.11 Å². The third kappa shape index (κ3) is 2.36. The zero-order chi connectivity index (χ0) is 19.4. The van der Waals surface area contributed by atoms with E-state index in [9.17, 15) is 0 Å². The van der Waals surface area contributed by atoms with Gasteiger partial charge in [-0.05, 0) is 57.6 Å². The Morgan fingerprint density at radius 1 is 0.655 bits per heavy atom. The Bertz CT molecular complexity index is 1520. The van der Waals surface area contributed by atoms with E-state index in [4.69, 9.17) is 9.15 Å². The van der Waals surface area contributed by atoms with E-state index in [-0.39, 0.29) is 0 Å². The predicted molar refractivity (Wildman–Crippen MR) is 121 cm³/mol. The minimum atomic E-state index is 0.860. The van der Waals surface area contributed by atoms with Crippen molar-refractivity contribution >= 4 is 43.5 Å². The van der Waals surface area contributed by atoms with E-state index < -0.39 is 0 Å². The van der Waals surface area contributed by atoms with Gasteiger partial charge in [0.15, 0.2) is 0 Å². The van der Waals surface area contributed by atoms with Gasteiger partial charge in [-0.15, -0.1) is 0 Å². The highest BCUT2D eigenvalue weighted by atomic mass is 16.5. The number of ether oxygens (including phenoxy) is 1. The molecule has 0 spiro atoms. The average Bonchev–Trinajstić information content (AvgIpc) is 3.17. The molecule has 6 rings (SSSR count). The highest BCUT2D eigenvalue weighted by Crippen LogP contribution is 2.41. The van der Waals surface area contributed by atoms with Crippen LogP contribution in [0.25, 0.3) is 54.6 Å². The first-order valence-corrected chi connectivity index (χ1v) is 9.73. The minimum Gasteiger partial charge on any atom is -0.497 e. The molecular formula is C27H18O2. The van der Waals surface area contributed by atoms with Gasteiger partial charge >= 0.3 is 0 Å². The van der Waals surface area contributed by atoms with Crippen molar-refractivity contribution in [2.24, 2.45) is 0 Å². The van der Waals surface area contributed by atoms with Gasteiger partial charge < -0.3 is 9.15 Å². The van der Waals surface area contributed by atoms with Crippen LogP contribution in [0.2, 0.25) is 0 Å². The first-order valence-electron chi connectivity index (χ1n) is 9.73. The molecular weight excluding hydrogens is 356 g/mol. The topological polar surface area (TPSA) is 22.4 Å². The first kappa shape index (κ1) is 16.2. The van der Waals surface area contributed by atoms with Crippen molar-refractivity contribution < 1.29 is 9.15 Å². The van der Waals surface area contributed by atoms with Crippen LogP contribution >= 0.6 is 0 Å². The van der Waals surface area contributed by atoms with Crippen molar-refractivity contribution in [1.29, 1.82) is 0 Å². The molecule has 2 heteroatoms. The fourth-order valence-electron chi connectivity index (χ4n) is 4.37. The lowest BCUT2D eigenvalue weighted by Gasteiger charge is -2.12. The third-order valence-corrected chi connectivity index (χ3v) is 5.77. The quantitative estimate of drug-likeness (QED) is 0.292. The molecule has 1 aromatic heterocycles. The van der Waals surface area contributed by atoms with Crippen LogP contribution in [0.5, 0.6) is 5.75 Å². The summed E-state index contributed by atoms with van der Waals surface area (Å²) in [6.45, 7) is 0. The summed E-state index contributed by atoms with van der Waals surface area (Å²) in [7, 11) is 1.69. The van der Waals surface area contributed by atoms with Crippen LogP contribution in [0.4, 0.5) is 0 Å². The molecule has 5 aromatic carbocycles. The van der Waals surface area contributed by atoms with Gasteiger partial charge in [0.1, 0.15) is 16.9 Å². The molecule has 2 nitrogen and oxygen atoms in total. The Labute approximate surface area is 167 Å². The van der Waals surface area contributed by atoms with Crippen LogP contribution in [-0.2, 0) is 0 Å². The summed E-state index contributed by atoms with van der Waals surface area (Å²) in [5.41, 5.74) is 4.24. The molecule has 6 aromatic rings. The molecule has 0 atom stereocenters. The standard InChI is InChI=1S/C27H18O2/c1-28-19-12-10-17(11-13-19)24-16-18-6-2-3-7-20(18)26-22(24)14-15-23-21-8-4-5-9-25(21)29-27(23)26/h2-16H,1H3. The van der Waals surface area contributed by atoms with Gasteiger partial charge in [-0.1, -0.05) is 60.7 Å². The van der Waals surface area contributed by atoms with Gasteiger partial charge in [0, 0.05) is 16.2 Å². The molecule has 0 saturated heterocycles. The molecule has 0 amide bonds. The molecule has 0 aliphatic heterocycles. The predicted octanol–water partition coefficient (Wildman–Crippen LogP) is 7.57. The summed E-state index contributed by atoms with van der Waals surface area (Å²) < 4.78 is 11.7. The normalized spacial score (nSPS) is 11.6. The molecule has 1 heterocycles. The van der Waals surface area contributed by atoms with E-state index in [2.05, 4.69) is 66.7 Å². The molecule has 0 aliphatic carbocycles. The monoisotopic (exact) mass is 374 g/mol. The van der Waals surface area contributed by atoms with Crippen LogP contribution in [0.1, 0.15) is 0 Å². The van der Waals surface area contributed by atoms with Crippen molar-refractivity contribution in [3.05, 3.63) is 91.0 Å². The number of hydrogen-bond donors (Lipinski definition) is 0. The minimum absolute atomic E-state index is 0.860. The van der Waals surface area contributed by atoms with Crippen molar-refractivity contribution in [1.82, 2.24) is 0 Å². The van der Waals surface area contributed by atoms with Crippen LogP contribution in [0.15, 0.2) is 95.4 Å². The molecule has 0 fully saturated rings. The molecule has 138 valence electrons. The van der Waals surface area contributed by atoms with E-state index >= 15 is 0 Å². The number of para-hydroxylation sites is 1. The summed E-state index contributed by atoms with van der Waals surface area (Å²) >= 11 is 0. The molecule has 0 radical (unpaired) electrons. The second-order valence-corrected chi connectivity index (χ2v) is 7.34. The van der Waals surface area contributed by atoms with Crippen LogP contribution in [0.3, 0.4) is 0 Å². The molecule has 0 bridgehead atoms. The molecule has 0 aliphatic rings. The number of rotatable bonds is 2. The number of methoxy groups -OCH3 is 1. The van der Waals surface area contributed by atoms with Gasteiger partial charge in [-0.3, -0.25) is 0 Å². The van der Waals surface area contributed by atoms with E-state index in [0.29, 0.717) is 0 Å². The Morgan fingerprint density at radius 2 is 1.38 bits per heavy atom. The van der Waals surface area contributed by atoms with Crippen LogP contribution < -0.4 is 4.74 Å². The Balaban J connectivity index is 1.80. The van der Waals surface area contributed by atoms with E-state index in [1.807, 2.05) is 24.3 Å². The summed E-state index contributed by atoms with van der Waals surface area (Å²) in [6, 6.07) is 31.7. The highest BCUT2D eigenvalue weighted by molar-refractivity contribution is 6.25.